The molecule has 1 aromatic carbocycles. The molecular formula is C14H16ClNOS. The Morgan fingerprint density at radius 3 is 2.67 bits per heavy atom. The van der Waals surface area contributed by atoms with Crippen LogP contribution < -0.4 is 5.73 Å². The summed E-state index contributed by atoms with van der Waals surface area (Å²) in [5, 5.41) is 10.4. The van der Waals surface area contributed by atoms with Crippen LogP contribution in [0.15, 0.2) is 36.4 Å². The molecule has 2 nitrogen and oxygen atoms in total. The number of halogens is 1. The average Bonchev–Trinajstić information content (AvgIpc) is 2.77. The van der Waals surface area contributed by atoms with Crippen molar-refractivity contribution in [2.75, 3.05) is 6.54 Å². The lowest BCUT2D eigenvalue weighted by molar-refractivity contribution is 0.151. The third kappa shape index (κ3) is 2.93. The lowest BCUT2D eigenvalue weighted by atomic mass is 9.91. The van der Waals surface area contributed by atoms with Crippen molar-refractivity contribution in [3.63, 3.8) is 0 Å². The summed E-state index contributed by atoms with van der Waals surface area (Å²) in [5.41, 5.74) is 8.04. The van der Waals surface area contributed by atoms with Gasteiger partial charge in [0.25, 0.3) is 0 Å². The Labute approximate surface area is 116 Å². The number of nitrogens with two attached hydrogens (primary N) is 1. The Bertz CT molecular complexity index is 526. The number of aryl methyl sites for hydroxylation is 1. The van der Waals surface area contributed by atoms with Crippen molar-refractivity contribution < 1.29 is 5.11 Å². The van der Waals surface area contributed by atoms with Gasteiger partial charge in [-0.15, -0.1) is 11.3 Å². The van der Waals surface area contributed by atoms with Crippen molar-refractivity contribution in [2.45, 2.75) is 18.9 Å². The van der Waals surface area contributed by atoms with E-state index < -0.39 is 6.10 Å². The summed E-state index contributed by atoms with van der Waals surface area (Å²) in [7, 11) is 0. The highest BCUT2D eigenvalue weighted by molar-refractivity contribution is 7.16. The van der Waals surface area contributed by atoms with Crippen LogP contribution in [0.2, 0.25) is 4.34 Å². The number of benzene rings is 1. The zero-order chi connectivity index (χ0) is 13.1. The zero-order valence-electron chi connectivity index (χ0n) is 10.1. The van der Waals surface area contributed by atoms with Gasteiger partial charge >= 0.3 is 0 Å². The van der Waals surface area contributed by atoms with Crippen LogP contribution in [0.4, 0.5) is 0 Å². The van der Waals surface area contributed by atoms with Gasteiger partial charge in [-0.05, 0) is 24.6 Å². The molecule has 3 N–H and O–H groups in total. The molecule has 0 saturated carbocycles. The molecule has 18 heavy (non-hydrogen) atoms. The van der Waals surface area contributed by atoms with Crippen LogP contribution in [0.1, 0.15) is 28.0 Å². The van der Waals surface area contributed by atoms with Crippen molar-refractivity contribution in [1.82, 2.24) is 0 Å². The topological polar surface area (TPSA) is 46.2 Å². The fourth-order valence-corrected chi connectivity index (χ4v) is 3.15. The maximum Gasteiger partial charge on any atom is 0.0962 e. The van der Waals surface area contributed by atoms with Crippen LogP contribution in [0.5, 0.6) is 0 Å². The highest BCUT2D eigenvalue weighted by Crippen LogP contribution is 2.35. The Balaban J connectivity index is 2.28. The van der Waals surface area contributed by atoms with E-state index in [1.807, 2.05) is 31.2 Å². The van der Waals surface area contributed by atoms with Crippen LogP contribution in [0.25, 0.3) is 0 Å². The second kappa shape index (κ2) is 5.85. The molecule has 0 spiro atoms. The molecular weight excluding hydrogens is 266 g/mol. The monoisotopic (exact) mass is 281 g/mol. The molecule has 0 bridgehead atoms. The minimum absolute atomic E-state index is 0.0976. The first-order valence-corrected chi connectivity index (χ1v) is 7.01. The highest BCUT2D eigenvalue weighted by atomic mass is 35.5. The van der Waals surface area contributed by atoms with Gasteiger partial charge in [0, 0.05) is 17.3 Å². The second-order valence-electron chi connectivity index (χ2n) is 4.34. The molecule has 0 radical (unpaired) electrons. The number of rotatable bonds is 4. The van der Waals surface area contributed by atoms with Crippen LogP contribution in [0.3, 0.4) is 0 Å². The number of aliphatic hydroxyl groups excluding tert-OH is 1. The van der Waals surface area contributed by atoms with Crippen molar-refractivity contribution >= 4 is 22.9 Å². The number of thiophene rings is 1. The Hall–Kier alpha value is -0.870. The SMILES string of the molecule is Cc1cccc(C(CN)C(O)c2ccc(Cl)s2)c1. The molecule has 0 amide bonds. The summed E-state index contributed by atoms with van der Waals surface area (Å²) in [5.74, 6) is -0.0976. The van der Waals surface area contributed by atoms with E-state index in [-0.39, 0.29) is 5.92 Å². The minimum atomic E-state index is -0.603. The first-order valence-electron chi connectivity index (χ1n) is 5.81. The predicted molar refractivity (Wildman–Crippen MR) is 77.3 cm³/mol. The fourth-order valence-electron chi connectivity index (χ4n) is 2.03. The summed E-state index contributed by atoms with van der Waals surface area (Å²) in [6.45, 7) is 2.44. The van der Waals surface area contributed by atoms with Crippen LogP contribution in [-0.4, -0.2) is 11.7 Å². The lowest BCUT2D eigenvalue weighted by Gasteiger charge is -2.21. The molecule has 0 fully saturated rings. The molecule has 4 heteroatoms. The van der Waals surface area contributed by atoms with Gasteiger partial charge in [0.15, 0.2) is 0 Å². The Morgan fingerprint density at radius 1 is 1.33 bits per heavy atom. The van der Waals surface area contributed by atoms with Gasteiger partial charge in [0.2, 0.25) is 0 Å². The standard InChI is InChI=1S/C14H16ClNOS/c1-9-3-2-4-10(7-9)11(8-16)14(17)12-5-6-13(15)18-12/h2-7,11,14,17H,8,16H2,1H3. The predicted octanol–water partition coefficient (Wildman–Crippen LogP) is 3.49. The van der Waals surface area contributed by atoms with E-state index in [1.54, 1.807) is 6.07 Å². The summed E-state index contributed by atoms with van der Waals surface area (Å²) in [4.78, 5) is 0.858. The largest absolute Gasteiger partial charge is 0.387 e. The summed E-state index contributed by atoms with van der Waals surface area (Å²) in [6, 6.07) is 11.7. The number of hydrogen-bond donors (Lipinski definition) is 2. The van der Waals surface area contributed by atoms with Crippen molar-refractivity contribution in [3.05, 3.63) is 56.7 Å². The average molecular weight is 282 g/mol. The van der Waals surface area contributed by atoms with Gasteiger partial charge in [-0.3, -0.25) is 0 Å². The second-order valence-corrected chi connectivity index (χ2v) is 6.09. The molecule has 2 unspecified atom stereocenters. The summed E-state index contributed by atoms with van der Waals surface area (Å²) >= 11 is 7.30. The molecule has 0 saturated heterocycles. The van der Waals surface area contributed by atoms with Crippen LogP contribution >= 0.6 is 22.9 Å². The van der Waals surface area contributed by atoms with E-state index in [9.17, 15) is 5.11 Å². The van der Waals surface area contributed by atoms with Crippen molar-refractivity contribution in [2.24, 2.45) is 5.73 Å². The molecule has 96 valence electrons. The smallest absolute Gasteiger partial charge is 0.0962 e. The number of hydrogen-bond acceptors (Lipinski definition) is 3. The van der Waals surface area contributed by atoms with E-state index >= 15 is 0 Å². The van der Waals surface area contributed by atoms with Gasteiger partial charge in [-0.2, -0.15) is 0 Å². The van der Waals surface area contributed by atoms with Crippen molar-refractivity contribution in [3.8, 4) is 0 Å². The van der Waals surface area contributed by atoms with E-state index in [4.69, 9.17) is 17.3 Å². The maximum absolute atomic E-state index is 10.4. The summed E-state index contributed by atoms with van der Waals surface area (Å²) < 4.78 is 0.684. The normalized spacial score (nSPS) is 14.4. The summed E-state index contributed by atoms with van der Waals surface area (Å²) in [6.07, 6.45) is -0.603. The molecule has 2 atom stereocenters. The first kappa shape index (κ1) is 13.6. The minimum Gasteiger partial charge on any atom is -0.387 e. The van der Waals surface area contributed by atoms with Gasteiger partial charge in [-0.1, -0.05) is 41.4 Å². The quantitative estimate of drug-likeness (QED) is 0.901. The number of aliphatic hydroxyl groups is 1. The Morgan fingerprint density at radius 2 is 2.11 bits per heavy atom. The van der Waals surface area contributed by atoms with Gasteiger partial charge < -0.3 is 10.8 Å². The van der Waals surface area contributed by atoms with Gasteiger partial charge in [0.05, 0.1) is 10.4 Å². The third-order valence-corrected chi connectivity index (χ3v) is 4.29. The maximum atomic E-state index is 10.4. The molecule has 1 aromatic heterocycles. The van der Waals surface area contributed by atoms with Gasteiger partial charge in [-0.25, -0.2) is 0 Å². The molecule has 2 rings (SSSR count). The van der Waals surface area contributed by atoms with Crippen LogP contribution in [0, 0.1) is 6.92 Å². The van der Waals surface area contributed by atoms with E-state index in [0.29, 0.717) is 10.9 Å². The molecule has 0 aliphatic carbocycles. The van der Waals surface area contributed by atoms with E-state index in [2.05, 4.69) is 6.07 Å². The molecule has 2 aromatic rings. The Kier molecular flexibility index (Phi) is 4.40. The third-order valence-electron chi connectivity index (χ3n) is 2.99. The van der Waals surface area contributed by atoms with Gasteiger partial charge in [0.1, 0.15) is 0 Å². The fraction of sp³-hybridized carbons (Fsp3) is 0.286. The van der Waals surface area contributed by atoms with E-state index in [0.717, 1.165) is 10.4 Å². The molecule has 1 heterocycles. The first-order chi connectivity index (χ1) is 8.61. The zero-order valence-corrected chi connectivity index (χ0v) is 11.7. The van der Waals surface area contributed by atoms with Crippen molar-refractivity contribution in [1.29, 1.82) is 0 Å². The van der Waals surface area contributed by atoms with Crippen LogP contribution in [-0.2, 0) is 0 Å². The molecule has 0 aliphatic heterocycles. The lowest BCUT2D eigenvalue weighted by Crippen LogP contribution is -2.19. The highest BCUT2D eigenvalue weighted by Gasteiger charge is 2.22. The molecule has 0 aliphatic rings. The van der Waals surface area contributed by atoms with E-state index in [1.165, 1.54) is 16.9 Å².